The zero-order chi connectivity index (χ0) is 11.8. The molecule has 4 heteroatoms. The summed E-state index contributed by atoms with van der Waals surface area (Å²) in [5.74, 6) is 0.746. The predicted molar refractivity (Wildman–Crippen MR) is 66.5 cm³/mol. The van der Waals surface area contributed by atoms with Crippen molar-refractivity contribution in [3.63, 3.8) is 0 Å². The van der Waals surface area contributed by atoms with E-state index in [9.17, 15) is 0 Å². The number of nitriles is 1. The normalized spacial score (nSPS) is 26.5. The van der Waals surface area contributed by atoms with Crippen molar-refractivity contribution in [3.05, 3.63) is 34.6 Å². The molecular weight excluding hydrogens is 234 g/mol. The van der Waals surface area contributed by atoms with Crippen LogP contribution in [0.4, 0.5) is 0 Å². The minimum absolute atomic E-state index is 0.283. The van der Waals surface area contributed by atoms with Crippen LogP contribution in [-0.4, -0.2) is 17.6 Å². The average molecular weight is 246 g/mol. The molecule has 86 valence electrons. The summed E-state index contributed by atoms with van der Waals surface area (Å²) in [6, 6.07) is 4.36. The van der Waals surface area contributed by atoms with Crippen molar-refractivity contribution in [2.45, 2.75) is 18.9 Å². The maximum Gasteiger partial charge on any atom is 0.146 e. The van der Waals surface area contributed by atoms with E-state index in [2.05, 4.69) is 22.4 Å². The molecule has 0 aromatic carbocycles. The Hall–Kier alpha value is -1.37. The van der Waals surface area contributed by atoms with Crippen LogP contribution in [0.3, 0.4) is 0 Å². The Balaban J connectivity index is 1.99. The summed E-state index contributed by atoms with van der Waals surface area (Å²) < 4.78 is 0. The van der Waals surface area contributed by atoms with E-state index in [0.29, 0.717) is 11.6 Å². The number of halogens is 1. The molecule has 1 aliphatic carbocycles. The molecular formula is C13H12ClN3. The first-order chi connectivity index (χ1) is 8.29. The minimum Gasteiger partial charge on any atom is -0.309 e. The number of fused-ring (bicyclic) bond motifs is 1. The number of aromatic nitrogens is 1. The molecule has 0 bridgehead atoms. The molecule has 17 heavy (non-hydrogen) atoms. The van der Waals surface area contributed by atoms with E-state index in [1.54, 1.807) is 6.20 Å². The Kier molecular flexibility index (Phi) is 2.62. The van der Waals surface area contributed by atoms with E-state index in [1.165, 1.54) is 12.0 Å². The van der Waals surface area contributed by atoms with E-state index in [0.717, 1.165) is 24.4 Å². The highest BCUT2D eigenvalue weighted by Gasteiger charge is 2.35. The van der Waals surface area contributed by atoms with E-state index < -0.39 is 0 Å². The van der Waals surface area contributed by atoms with Crippen LogP contribution in [0.5, 0.6) is 0 Å². The molecule has 2 aliphatic rings. The number of nitrogens with one attached hydrogen (secondary N) is 1. The fourth-order valence-corrected chi connectivity index (χ4v) is 2.74. The maximum absolute atomic E-state index is 8.96. The first-order valence-electron chi connectivity index (χ1n) is 5.79. The molecule has 0 unspecified atom stereocenters. The highest BCUT2D eigenvalue weighted by Crippen LogP contribution is 2.36. The standard InChI is InChI=1S/C13H12ClN3/c14-13-9(5-15)4-10(7-17-13)11-3-1-2-8-6-16-12(8)11/h3-4,7-8,12,16H,1-2,6H2/t8-,12+/m1/s1. The molecule has 3 nitrogen and oxygen atoms in total. The third-order valence-electron chi connectivity index (χ3n) is 3.60. The lowest BCUT2D eigenvalue weighted by atomic mass is 9.76. The molecule has 0 amide bonds. The van der Waals surface area contributed by atoms with Crippen LogP contribution in [-0.2, 0) is 0 Å². The van der Waals surface area contributed by atoms with Crippen LogP contribution in [0.2, 0.25) is 5.15 Å². The zero-order valence-corrected chi connectivity index (χ0v) is 10.0. The van der Waals surface area contributed by atoms with Gasteiger partial charge in [0.2, 0.25) is 0 Å². The van der Waals surface area contributed by atoms with Crippen molar-refractivity contribution in [2.75, 3.05) is 6.54 Å². The number of allylic oxidation sites excluding steroid dienone is 1. The van der Waals surface area contributed by atoms with Crippen LogP contribution >= 0.6 is 11.6 Å². The zero-order valence-electron chi connectivity index (χ0n) is 9.28. The molecule has 0 radical (unpaired) electrons. The highest BCUT2D eigenvalue weighted by molar-refractivity contribution is 6.30. The molecule has 1 fully saturated rings. The van der Waals surface area contributed by atoms with Crippen LogP contribution < -0.4 is 5.32 Å². The second-order valence-corrected chi connectivity index (χ2v) is 4.91. The highest BCUT2D eigenvalue weighted by atomic mass is 35.5. The molecule has 0 spiro atoms. The summed E-state index contributed by atoms with van der Waals surface area (Å²) in [6.45, 7) is 1.11. The van der Waals surface area contributed by atoms with Gasteiger partial charge in [0.1, 0.15) is 11.2 Å². The topological polar surface area (TPSA) is 48.7 Å². The van der Waals surface area contributed by atoms with E-state index in [1.807, 2.05) is 6.07 Å². The molecule has 2 heterocycles. The Morgan fingerprint density at radius 1 is 1.53 bits per heavy atom. The van der Waals surface area contributed by atoms with Crippen molar-refractivity contribution >= 4 is 17.2 Å². The Bertz CT molecular complexity index is 530. The molecule has 0 saturated carbocycles. The van der Waals surface area contributed by atoms with Gasteiger partial charge in [-0.15, -0.1) is 0 Å². The van der Waals surface area contributed by atoms with Crippen LogP contribution in [0.15, 0.2) is 18.3 Å². The van der Waals surface area contributed by atoms with Gasteiger partial charge in [0.25, 0.3) is 0 Å². The summed E-state index contributed by atoms with van der Waals surface area (Å²) in [4.78, 5) is 4.08. The van der Waals surface area contributed by atoms with E-state index in [4.69, 9.17) is 16.9 Å². The van der Waals surface area contributed by atoms with Crippen molar-refractivity contribution in [3.8, 4) is 6.07 Å². The molecule has 1 aliphatic heterocycles. The smallest absolute Gasteiger partial charge is 0.146 e. The summed E-state index contributed by atoms with van der Waals surface area (Å²) >= 11 is 5.85. The lowest BCUT2D eigenvalue weighted by Gasteiger charge is -2.42. The van der Waals surface area contributed by atoms with Crippen molar-refractivity contribution in [1.29, 1.82) is 5.26 Å². The maximum atomic E-state index is 8.96. The van der Waals surface area contributed by atoms with Gasteiger partial charge in [0, 0.05) is 18.8 Å². The number of hydrogen-bond donors (Lipinski definition) is 1. The number of pyridine rings is 1. The molecule has 1 aromatic heterocycles. The predicted octanol–water partition coefficient (Wildman–Crippen LogP) is 2.37. The van der Waals surface area contributed by atoms with Gasteiger partial charge < -0.3 is 5.32 Å². The second kappa shape index (κ2) is 4.14. The van der Waals surface area contributed by atoms with E-state index >= 15 is 0 Å². The van der Waals surface area contributed by atoms with Crippen LogP contribution in [0.1, 0.15) is 24.0 Å². The van der Waals surface area contributed by atoms with E-state index in [-0.39, 0.29) is 5.15 Å². The molecule has 3 rings (SSSR count). The lowest BCUT2D eigenvalue weighted by molar-refractivity contribution is 0.262. The Labute approximate surface area is 105 Å². The van der Waals surface area contributed by atoms with Crippen molar-refractivity contribution in [2.24, 2.45) is 5.92 Å². The van der Waals surface area contributed by atoms with Gasteiger partial charge in [-0.05, 0) is 36.0 Å². The Morgan fingerprint density at radius 3 is 3.12 bits per heavy atom. The van der Waals surface area contributed by atoms with Crippen LogP contribution in [0, 0.1) is 17.2 Å². The first kappa shape index (κ1) is 10.8. The SMILES string of the molecule is N#Cc1cc(C2=CCC[C@@H]3CN[C@H]23)cnc1Cl. The first-order valence-corrected chi connectivity index (χ1v) is 6.17. The fourth-order valence-electron chi connectivity index (χ4n) is 2.60. The fraction of sp³-hybridized carbons (Fsp3) is 0.385. The van der Waals surface area contributed by atoms with Crippen molar-refractivity contribution in [1.82, 2.24) is 10.3 Å². The van der Waals surface area contributed by atoms with Gasteiger partial charge in [0.05, 0.1) is 5.56 Å². The van der Waals surface area contributed by atoms with Gasteiger partial charge in [-0.3, -0.25) is 0 Å². The third kappa shape index (κ3) is 1.74. The molecule has 1 aromatic rings. The van der Waals surface area contributed by atoms with Gasteiger partial charge in [-0.2, -0.15) is 5.26 Å². The number of rotatable bonds is 1. The average Bonchev–Trinajstić information content (AvgIpc) is 2.31. The summed E-state index contributed by atoms with van der Waals surface area (Å²) in [5.41, 5.74) is 2.74. The van der Waals surface area contributed by atoms with Gasteiger partial charge in [-0.25, -0.2) is 4.98 Å². The number of hydrogen-bond acceptors (Lipinski definition) is 3. The molecule has 2 atom stereocenters. The van der Waals surface area contributed by atoms with Crippen LogP contribution in [0.25, 0.3) is 5.57 Å². The van der Waals surface area contributed by atoms with Gasteiger partial charge in [-0.1, -0.05) is 17.7 Å². The Morgan fingerprint density at radius 2 is 2.41 bits per heavy atom. The molecule has 1 saturated heterocycles. The summed E-state index contributed by atoms with van der Waals surface area (Å²) in [7, 11) is 0. The summed E-state index contributed by atoms with van der Waals surface area (Å²) in [6.07, 6.45) is 6.38. The lowest BCUT2D eigenvalue weighted by Crippen LogP contribution is -2.54. The quantitative estimate of drug-likeness (QED) is 0.773. The largest absolute Gasteiger partial charge is 0.309 e. The minimum atomic E-state index is 0.283. The van der Waals surface area contributed by atoms with Crippen molar-refractivity contribution < 1.29 is 0 Å². The number of nitrogens with zero attached hydrogens (tertiary/aromatic N) is 2. The van der Waals surface area contributed by atoms with Gasteiger partial charge >= 0.3 is 0 Å². The summed E-state index contributed by atoms with van der Waals surface area (Å²) in [5, 5.41) is 12.7. The second-order valence-electron chi connectivity index (χ2n) is 4.56. The molecule has 1 N–H and O–H groups in total. The monoisotopic (exact) mass is 245 g/mol. The van der Waals surface area contributed by atoms with Gasteiger partial charge in [0.15, 0.2) is 0 Å². The third-order valence-corrected chi connectivity index (χ3v) is 3.90.